The van der Waals surface area contributed by atoms with Crippen molar-refractivity contribution >= 4 is 22.8 Å². The van der Waals surface area contributed by atoms with Crippen LogP contribution >= 0.6 is 0 Å². The van der Waals surface area contributed by atoms with Crippen LogP contribution in [0.1, 0.15) is 17.4 Å². The van der Waals surface area contributed by atoms with Gasteiger partial charge in [0, 0.05) is 29.5 Å². The van der Waals surface area contributed by atoms with Gasteiger partial charge < -0.3 is 4.90 Å². The molecule has 28 heavy (non-hydrogen) atoms. The third kappa shape index (κ3) is 3.69. The molecular formula is C25H20N2O. The fourth-order valence-corrected chi connectivity index (χ4v) is 3.17. The summed E-state index contributed by atoms with van der Waals surface area (Å²) in [5.74, 6) is -0.0298. The van der Waals surface area contributed by atoms with Crippen molar-refractivity contribution in [3.8, 4) is 11.3 Å². The van der Waals surface area contributed by atoms with Crippen molar-refractivity contribution in [3.63, 3.8) is 0 Å². The first-order chi connectivity index (χ1) is 13.7. The van der Waals surface area contributed by atoms with Crippen LogP contribution in [0.25, 0.3) is 11.3 Å². The third-order valence-corrected chi connectivity index (χ3v) is 4.56. The first kappa shape index (κ1) is 17.7. The fraction of sp³-hybridized carbons (Fsp3) is 0.0400. The Labute approximate surface area is 164 Å². The minimum absolute atomic E-state index is 0.0298. The molecule has 4 rings (SSSR count). The molecule has 0 N–H and O–H groups in total. The zero-order chi connectivity index (χ0) is 19.3. The average molecular weight is 364 g/mol. The van der Waals surface area contributed by atoms with Gasteiger partial charge in [-0.25, -0.2) is 4.98 Å². The van der Waals surface area contributed by atoms with Crippen molar-refractivity contribution < 1.29 is 4.79 Å². The number of carbonyl (C=O) groups excluding carboxylic acids is 1. The van der Waals surface area contributed by atoms with Crippen molar-refractivity contribution in [2.24, 2.45) is 0 Å². The van der Waals surface area contributed by atoms with Crippen molar-refractivity contribution in [1.29, 1.82) is 0 Å². The van der Waals surface area contributed by atoms with Gasteiger partial charge in [0.15, 0.2) is 5.78 Å². The second-order valence-electron chi connectivity index (χ2n) is 6.52. The Balaban J connectivity index is 1.73. The Morgan fingerprint density at radius 1 is 0.643 bits per heavy atom. The van der Waals surface area contributed by atoms with Crippen molar-refractivity contribution in [3.05, 3.63) is 109 Å². The highest BCUT2D eigenvalue weighted by Gasteiger charge is 2.12. The van der Waals surface area contributed by atoms with Crippen LogP contribution in [0.2, 0.25) is 0 Å². The highest BCUT2D eigenvalue weighted by molar-refractivity contribution is 5.92. The molecule has 0 aliphatic carbocycles. The Kier molecular flexibility index (Phi) is 4.98. The molecule has 0 amide bonds. The summed E-state index contributed by atoms with van der Waals surface area (Å²) < 4.78 is 0. The van der Waals surface area contributed by atoms with E-state index in [1.165, 1.54) is 6.92 Å². The van der Waals surface area contributed by atoms with Crippen molar-refractivity contribution in [2.75, 3.05) is 4.90 Å². The Morgan fingerprint density at radius 2 is 1.18 bits per heavy atom. The van der Waals surface area contributed by atoms with Crippen LogP contribution in [0, 0.1) is 0 Å². The summed E-state index contributed by atoms with van der Waals surface area (Å²) in [5, 5.41) is 0. The largest absolute Gasteiger partial charge is 0.311 e. The lowest BCUT2D eigenvalue weighted by atomic mass is 10.1. The van der Waals surface area contributed by atoms with E-state index >= 15 is 0 Å². The summed E-state index contributed by atoms with van der Waals surface area (Å²) in [6, 6.07) is 34.4. The summed E-state index contributed by atoms with van der Waals surface area (Å²) in [5.41, 5.74) is 5.51. The fourth-order valence-electron chi connectivity index (χ4n) is 3.17. The van der Waals surface area contributed by atoms with E-state index < -0.39 is 0 Å². The minimum atomic E-state index is -0.0298. The summed E-state index contributed by atoms with van der Waals surface area (Å²) in [6.45, 7) is 1.53. The number of anilines is 3. The molecule has 0 fully saturated rings. The van der Waals surface area contributed by atoms with Gasteiger partial charge in [0.25, 0.3) is 0 Å². The van der Waals surface area contributed by atoms with Gasteiger partial charge in [-0.1, -0.05) is 54.6 Å². The third-order valence-electron chi connectivity index (χ3n) is 4.56. The maximum atomic E-state index is 11.6. The SMILES string of the molecule is CC(=O)c1cccc(-c2ccc(N(c3ccccc3)c3ccccc3)cc2)n1. The Hall–Kier alpha value is -3.72. The highest BCUT2D eigenvalue weighted by Crippen LogP contribution is 2.34. The number of hydrogen-bond donors (Lipinski definition) is 0. The molecule has 3 aromatic carbocycles. The van der Waals surface area contributed by atoms with Crippen molar-refractivity contribution in [1.82, 2.24) is 4.98 Å². The molecule has 0 saturated heterocycles. The first-order valence-corrected chi connectivity index (χ1v) is 9.21. The number of nitrogens with zero attached hydrogens (tertiary/aromatic N) is 2. The highest BCUT2D eigenvalue weighted by atomic mass is 16.1. The molecule has 0 saturated carbocycles. The van der Waals surface area contributed by atoms with Crippen LogP contribution in [0.3, 0.4) is 0 Å². The lowest BCUT2D eigenvalue weighted by molar-refractivity contribution is 0.101. The Bertz CT molecular complexity index is 1030. The van der Waals surface area contributed by atoms with E-state index in [-0.39, 0.29) is 5.78 Å². The minimum Gasteiger partial charge on any atom is -0.311 e. The summed E-state index contributed by atoms with van der Waals surface area (Å²) in [6.07, 6.45) is 0. The molecular weight excluding hydrogens is 344 g/mol. The van der Waals surface area contributed by atoms with Gasteiger partial charge >= 0.3 is 0 Å². The van der Waals surface area contributed by atoms with Gasteiger partial charge in [-0.05, 0) is 48.5 Å². The van der Waals surface area contributed by atoms with Crippen LogP contribution in [0.4, 0.5) is 17.1 Å². The smallest absolute Gasteiger partial charge is 0.178 e. The number of pyridine rings is 1. The maximum Gasteiger partial charge on any atom is 0.178 e. The monoisotopic (exact) mass is 364 g/mol. The topological polar surface area (TPSA) is 33.2 Å². The van der Waals surface area contributed by atoms with E-state index in [1.54, 1.807) is 6.07 Å². The van der Waals surface area contributed by atoms with Gasteiger partial charge in [0.05, 0.1) is 5.69 Å². The molecule has 0 aliphatic heterocycles. The number of para-hydroxylation sites is 2. The van der Waals surface area contributed by atoms with E-state index in [0.29, 0.717) is 5.69 Å². The van der Waals surface area contributed by atoms with Gasteiger partial charge in [-0.2, -0.15) is 0 Å². The molecule has 0 radical (unpaired) electrons. The Morgan fingerprint density at radius 3 is 1.71 bits per heavy atom. The lowest BCUT2D eigenvalue weighted by Crippen LogP contribution is -2.09. The molecule has 0 unspecified atom stereocenters. The lowest BCUT2D eigenvalue weighted by Gasteiger charge is -2.25. The predicted molar refractivity (Wildman–Crippen MR) is 114 cm³/mol. The van der Waals surface area contributed by atoms with Crippen LogP contribution < -0.4 is 4.90 Å². The van der Waals surface area contributed by atoms with E-state index in [1.807, 2.05) is 60.7 Å². The van der Waals surface area contributed by atoms with Gasteiger partial charge in [0.1, 0.15) is 5.69 Å². The zero-order valence-corrected chi connectivity index (χ0v) is 15.6. The molecule has 0 atom stereocenters. The van der Waals surface area contributed by atoms with E-state index in [2.05, 4.69) is 46.3 Å². The number of hydrogen-bond acceptors (Lipinski definition) is 3. The maximum absolute atomic E-state index is 11.6. The molecule has 3 heteroatoms. The van der Waals surface area contributed by atoms with Crippen LogP contribution in [-0.4, -0.2) is 10.8 Å². The quantitative estimate of drug-likeness (QED) is 0.383. The molecule has 1 heterocycles. The number of rotatable bonds is 5. The molecule has 1 aromatic heterocycles. The van der Waals surface area contributed by atoms with E-state index in [9.17, 15) is 4.79 Å². The number of aromatic nitrogens is 1. The molecule has 136 valence electrons. The summed E-state index contributed by atoms with van der Waals surface area (Å²) in [4.78, 5) is 18.3. The van der Waals surface area contributed by atoms with Gasteiger partial charge in [0.2, 0.25) is 0 Å². The summed E-state index contributed by atoms with van der Waals surface area (Å²) in [7, 11) is 0. The number of carbonyl (C=O) groups is 1. The average Bonchev–Trinajstić information content (AvgIpc) is 2.76. The molecule has 0 bridgehead atoms. The van der Waals surface area contributed by atoms with E-state index in [4.69, 9.17) is 0 Å². The normalized spacial score (nSPS) is 10.5. The second kappa shape index (κ2) is 7.89. The first-order valence-electron chi connectivity index (χ1n) is 9.21. The standard InChI is InChI=1S/C25H20N2O/c1-19(28)24-13-8-14-25(26-24)20-15-17-23(18-16-20)27(21-9-4-2-5-10-21)22-11-6-3-7-12-22/h2-18H,1H3. The van der Waals surface area contributed by atoms with Gasteiger partial charge in [-0.15, -0.1) is 0 Å². The molecule has 0 aliphatic rings. The molecule has 0 spiro atoms. The zero-order valence-electron chi connectivity index (χ0n) is 15.6. The van der Waals surface area contributed by atoms with Gasteiger partial charge in [-0.3, -0.25) is 4.79 Å². The van der Waals surface area contributed by atoms with Crippen LogP contribution in [0.15, 0.2) is 103 Å². The summed E-state index contributed by atoms with van der Waals surface area (Å²) >= 11 is 0. The van der Waals surface area contributed by atoms with Crippen LogP contribution in [0.5, 0.6) is 0 Å². The number of Topliss-reactive ketones (excluding diaryl/α,β-unsaturated/α-hetero) is 1. The van der Waals surface area contributed by atoms with Crippen LogP contribution in [-0.2, 0) is 0 Å². The predicted octanol–water partition coefficient (Wildman–Crippen LogP) is 6.42. The second-order valence-corrected chi connectivity index (χ2v) is 6.52. The number of ketones is 1. The van der Waals surface area contributed by atoms with E-state index in [0.717, 1.165) is 28.3 Å². The molecule has 3 nitrogen and oxygen atoms in total. The van der Waals surface area contributed by atoms with Crippen molar-refractivity contribution in [2.45, 2.75) is 6.92 Å². The molecule has 4 aromatic rings. The number of benzene rings is 3.